The van der Waals surface area contributed by atoms with Crippen LogP contribution in [0.3, 0.4) is 0 Å². The Kier molecular flexibility index (Phi) is 3.02. The van der Waals surface area contributed by atoms with E-state index in [-0.39, 0.29) is 11.4 Å². The van der Waals surface area contributed by atoms with Gasteiger partial charge in [0.05, 0.1) is 19.3 Å². The van der Waals surface area contributed by atoms with Crippen molar-refractivity contribution in [2.45, 2.75) is 30.5 Å². The fourth-order valence-electron chi connectivity index (χ4n) is 2.67. The van der Waals surface area contributed by atoms with Crippen molar-refractivity contribution in [3.8, 4) is 0 Å². The summed E-state index contributed by atoms with van der Waals surface area (Å²) in [6, 6.07) is -2.01. The number of nitrogens with one attached hydrogen (secondary N) is 2. The van der Waals surface area contributed by atoms with E-state index in [2.05, 4.69) is 15.3 Å². The molecule has 0 saturated carbocycles. The summed E-state index contributed by atoms with van der Waals surface area (Å²) in [6.45, 7) is -0.742. The lowest BCUT2D eigenvalue weighted by molar-refractivity contribution is 0.0675. The second-order valence-corrected chi connectivity index (χ2v) is 4.78. The number of alkyl halides is 1. The zero-order valence-corrected chi connectivity index (χ0v) is 10.2. The molecule has 0 bridgehead atoms. The fraction of sp³-hybridized carbons (Fsp3) is 0.545. The summed E-state index contributed by atoms with van der Waals surface area (Å²) >= 11 is 0. The van der Waals surface area contributed by atoms with Crippen LogP contribution < -0.4 is 5.32 Å². The number of amidine groups is 1. The molecule has 0 spiro atoms. The zero-order valence-electron chi connectivity index (χ0n) is 10.2. The van der Waals surface area contributed by atoms with Crippen LogP contribution in [0.1, 0.15) is 0 Å². The predicted molar refractivity (Wildman–Crippen MR) is 67.2 cm³/mol. The maximum absolute atomic E-state index is 14.2. The van der Waals surface area contributed by atoms with Gasteiger partial charge in [-0.3, -0.25) is 10.4 Å². The first-order valence-corrected chi connectivity index (χ1v) is 6.05. The quantitative estimate of drug-likeness (QED) is 0.518. The molecule has 7 nitrogen and oxygen atoms in total. The Balaban J connectivity index is 1.91. The summed E-state index contributed by atoms with van der Waals surface area (Å²) in [5.74, 6) is -0.899. The Morgan fingerprint density at radius 3 is 2.90 bits per heavy atom. The van der Waals surface area contributed by atoms with E-state index < -0.39 is 43.0 Å². The van der Waals surface area contributed by atoms with Crippen molar-refractivity contribution in [2.75, 3.05) is 6.61 Å². The van der Waals surface area contributed by atoms with E-state index in [4.69, 9.17) is 10.5 Å². The maximum atomic E-state index is 14.2. The van der Waals surface area contributed by atoms with Gasteiger partial charge in [0, 0.05) is 5.57 Å². The lowest BCUT2D eigenvalue weighted by atomic mass is 10.1. The number of hydrogen-bond donors (Lipinski definition) is 4. The van der Waals surface area contributed by atoms with Crippen LogP contribution in [0.5, 0.6) is 0 Å². The Morgan fingerprint density at radius 1 is 1.50 bits per heavy atom. The molecule has 2 heterocycles. The van der Waals surface area contributed by atoms with Crippen LogP contribution in [0.2, 0.25) is 0 Å². The lowest BCUT2D eigenvalue weighted by Crippen LogP contribution is -2.57. The van der Waals surface area contributed by atoms with E-state index in [1.54, 1.807) is 0 Å². The maximum Gasteiger partial charge on any atom is 0.157 e. The Labute approximate surface area is 112 Å². The summed E-state index contributed by atoms with van der Waals surface area (Å²) in [5.41, 5.74) is -0.348. The van der Waals surface area contributed by atoms with Crippen molar-refractivity contribution in [1.29, 1.82) is 5.41 Å². The van der Waals surface area contributed by atoms with Crippen LogP contribution in [-0.4, -0.2) is 70.8 Å². The molecule has 0 aromatic heterocycles. The van der Waals surface area contributed by atoms with Crippen molar-refractivity contribution in [3.05, 3.63) is 11.4 Å². The van der Waals surface area contributed by atoms with Crippen molar-refractivity contribution in [2.24, 2.45) is 9.98 Å². The van der Waals surface area contributed by atoms with Crippen molar-refractivity contribution >= 4 is 18.5 Å². The SMILES string of the molecule is N=C1N=CNC2C1N=CN2[C@@H]1C(F)=C(CO)[C@@H](O)[C@@H]1F. The normalized spacial score (nSPS) is 39.5. The highest BCUT2D eigenvalue weighted by atomic mass is 19.1. The zero-order chi connectivity index (χ0) is 14.4. The summed E-state index contributed by atoms with van der Waals surface area (Å²) in [5, 5.41) is 29.0. The molecule has 0 radical (unpaired) electrons. The Morgan fingerprint density at radius 2 is 2.25 bits per heavy atom. The molecule has 0 fully saturated rings. The minimum atomic E-state index is -1.91. The van der Waals surface area contributed by atoms with E-state index in [1.807, 2.05) is 0 Å². The number of hydrogen-bond acceptors (Lipinski definition) is 6. The van der Waals surface area contributed by atoms with Crippen molar-refractivity contribution in [3.63, 3.8) is 0 Å². The van der Waals surface area contributed by atoms with Gasteiger partial charge in [0.2, 0.25) is 0 Å². The number of aliphatic hydroxyl groups is 2. The highest BCUT2D eigenvalue weighted by molar-refractivity contribution is 5.96. The molecule has 0 amide bonds. The lowest BCUT2D eigenvalue weighted by Gasteiger charge is -2.34. The molecule has 108 valence electrons. The van der Waals surface area contributed by atoms with E-state index in [0.29, 0.717) is 0 Å². The molecule has 2 aliphatic heterocycles. The molecule has 3 aliphatic rings. The molecular weight excluding hydrogens is 272 g/mol. The highest BCUT2D eigenvalue weighted by Gasteiger charge is 2.50. The van der Waals surface area contributed by atoms with E-state index in [0.717, 1.165) is 0 Å². The average molecular weight is 285 g/mol. The number of rotatable bonds is 2. The third kappa shape index (κ3) is 1.66. The average Bonchev–Trinajstić information content (AvgIpc) is 2.92. The topological polar surface area (TPSA) is 104 Å². The summed E-state index contributed by atoms with van der Waals surface area (Å²) in [6.07, 6.45) is -1.68. The fourth-order valence-corrected chi connectivity index (χ4v) is 2.67. The third-order valence-electron chi connectivity index (χ3n) is 3.73. The molecule has 4 N–H and O–H groups in total. The van der Waals surface area contributed by atoms with Gasteiger partial charge in [0.15, 0.2) is 12.0 Å². The minimum absolute atomic E-state index is 0.00628. The summed E-state index contributed by atoms with van der Waals surface area (Å²) in [7, 11) is 0. The van der Waals surface area contributed by atoms with Gasteiger partial charge in [0.25, 0.3) is 0 Å². The van der Waals surface area contributed by atoms with Crippen LogP contribution in [0.15, 0.2) is 21.4 Å². The van der Waals surface area contributed by atoms with Crippen LogP contribution in [-0.2, 0) is 0 Å². The largest absolute Gasteiger partial charge is 0.392 e. The van der Waals surface area contributed by atoms with Gasteiger partial charge in [-0.2, -0.15) is 0 Å². The van der Waals surface area contributed by atoms with E-state index in [9.17, 15) is 13.9 Å². The van der Waals surface area contributed by atoms with Crippen molar-refractivity contribution < 1.29 is 19.0 Å². The number of aliphatic hydroxyl groups excluding tert-OH is 2. The molecule has 0 aromatic carbocycles. The highest BCUT2D eigenvalue weighted by Crippen LogP contribution is 2.36. The van der Waals surface area contributed by atoms with Gasteiger partial charge in [-0.05, 0) is 0 Å². The predicted octanol–water partition coefficient (Wildman–Crippen LogP) is -1.07. The molecule has 1 aliphatic carbocycles. The van der Waals surface area contributed by atoms with Crippen LogP contribution in [0.4, 0.5) is 8.78 Å². The van der Waals surface area contributed by atoms with Gasteiger partial charge in [-0.15, -0.1) is 0 Å². The number of nitrogens with zero attached hydrogens (tertiary/aromatic N) is 3. The van der Waals surface area contributed by atoms with Gasteiger partial charge in [-0.25, -0.2) is 13.8 Å². The smallest absolute Gasteiger partial charge is 0.157 e. The van der Waals surface area contributed by atoms with Crippen LogP contribution in [0, 0.1) is 5.41 Å². The first-order chi connectivity index (χ1) is 9.56. The van der Waals surface area contributed by atoms with Crippen molar-refractivity contribution in [1.82, 2.24) is 10.2 Å². The molecule has 20 heavy (non-hydrogen) atoms. The first-order valence-electron chi connectivity index (χ1n) is 6.05. The molecule has 0 saturated heterocycles. The second kappa shape index (κ2) is 4.60. The number of halogens is 2. The van der Waals surface area contributed by atoms with Gasteiger partial charge in [-0.1, -0.05) is 0 Å². The second-order valence-electron chi connectivity index (χ2n) is 4.78. The van der Waals surface area contributed by atoms with E-state index in [1.165, 1.54) is 17.6 Å². The van der Waals surface area contributed by atoms with Crippen LogP contribution >= 0.6 is 0 Å². The molecule has 2 unspecified atom stereocenters. The standard InChI is InChI=1S/C11H13F2N5O2/c12-5-4(1-19)9(20)6(13)8(5)18-3-17-7-10(14)15-2-16-11(7)18/h2-3,6-9,11,19-20H,1H2,(H2,14,15,16)/t6-,7?,8-,9-,11?/m1/s1. The van der Waals surface area contributed by atoms with Gasteiger partial charge < -0.3 is 20.4 Å². The van der Waals surface area contributed by atoms with Crippen LogP contribution in [0.25, 0.3) is 0 Å². The number of aliphatic imine (C=N–C) groups is 2. The van der Waals surface area contributed by atoms with Gasteiger partial charge >= 0.3 is 0 Å². The molecule has 0 aromatic rings. The molecular formula is C11H13F2N5O2. The monoisotopic (exact) mass is 285 g/mol. The first kappa shape index (κ1) is 13.1. The molecule has 5 atom stereocenters. The Bertz CT molecular complexity index is 535. The number of fused-ring (bicyclic) bond motifs is 1. The van der Waals surface area contributed by atoms with Gasteiger partial charge in [0.1, 0.15) is 30.2 Å². The minimum Gasteiger partial charge on any atom is -0.392 e. The van der Waals surface area contributed by atoms with E-state index >= 15 is 0 Å². The molecule has 9 heteroatoms. The third-order valence-corrected chi connectivity index (χ3v) is 3.73. The molecule has 3 rings (SSSR count). The summed E-state index contributed by atoms with van der Waals surface area (Å²) < 4.78 is 28.3. The summed E-state index contributed by atoms with van der Waals surface area (Å²) in [4.78, 5) is 9.02. The Hall–Kier alpha value is -1.87.